The summed E-state index contributed by atoms with van der Waals surface area (Å²) >= 11 is 0. The molecule has 1 aromatic rings. The molecule has 0 heterocycles. The molecule has 0 bridgehead atoms. The fourth-order valence-corrected chi connectivity index (χ4v) is 1.54. The Labute approximate surface area is 109 Å². The number of rotatable bonds is 7. The van der Waals surface area contributed by atoms with Crippen molar-refractivity contribution in [1.82, 2.24) is 10.4 Å². The number of benzene rings is 1. The molecule has 0 saturated heterocycles. The molecule has 0 radical (unpaired) electrons. The molecule has 7 heteroatoms. The van der Waals surface area contributed by atoms with Gasteiger partial charge in [-0.25, -0.2) is 5.06 Å². The number of carbonyl (C=O) groups excluding carboxylic acids is 2. The predicted molar refractivity (Wildman–Crippen MR) is 64.4 cm³/mol. The van der Waals surface area contributed by atoms with Crippen molar-refractivity contribution in [2.75, 3.05) is 13.1 Å². The fraction of sp³-hybridized carbons (Fsp3) is 0.250. The number of nitrogens with one attached hydrogen (secondary N) is 1. The first kappa shape index (κ1) is 14.7. The summed E-state index contributed by atoms with van der Waals surface area (Å²) in [6.45, 7) is -0.770. The second kappa shape index (κ2) is 7.12. The first-order valence-corrected chi connectivity index (χ1v) is 5.50. The maximum absolute atomic E-state index is 11.9. The van der Waals surface area contributed by atoms with Crippen molar-refractivity contribution >= 4 is 18.3 Å². The van der Waals surface area contributed by atoms with E-state index in [1.807, 2.05) is 0 Å². The minimum atomic E-state index is -1.17. The van der Waals surface area contributed by atoms with E-state index in [2.05, 4.69) is 5.32 Å². The largest absolute Gasteiger partial charge is 0.480 e. The molecule has 0 aliphatic heterocycles. The summed E-state index contributed by atoms with van der Waals surface area (Å²) < 4.78 is 0. The van der Waals surface area contributed by atoms with Crippen LogP contribution < -0.4 is 5.32 Å². The molecular formula is C12H14N2O5. The van der Waals surface area contributed by atoms with Crippen molar-refractivity contribution in [2.45, 2.75) is 5.92 Å². The van der Waals surface area contributed by atoms with Crippen LogP contribution in [0, 0.1) is 0 Å². The molecule has 1 unspecified atom stereocenters. The summed E-state index contributed by atoms with van der Waals surface area (Å²) in [7, 11) is 0. The van der Waals surface area contributed by atoms with Crippen LogP contribution in [0.5, 0.6) is 0 Å². The van der Waals surface area contributed by atoms with Crippen molar-refractivity contribution in [1.29, 1.82) is 0 Å². The van der Waals surface area contributed by atoms with E-state index in [9.17, 15) is 19.6 Å². The van der Waals surface area contributed by atoms with Gasteiger partial charge in [-0.2, -0.15) is 0 Å². The minimum absolute atomic E-state index is 0.181. The Kier molecular flexibility index (Phi) is 5.49. The average Bonchev–Trinajstić information content (AvgIpc) is 2.42. The van der Waals surface area contributed by atoms with E-state index in [1.54, 1.807) is 30.3 Å². The zero-order valence-electron chi connectivity index (χ0n) is 10.0. The molecule has 0 aromatic heterocycles. The van der Waals surface area contributed by atoms with Crippen LogP contribution in [0.25, 0.3) is 0 Å². The summed E-state index contributed by atoms with van der Waals surface area (Å²) in [5.41, 5.74) is 0.575. The lowest BCUT2D eigenvalue weighted by Gasteiger charge is -2.19. The highest BCUT2D eigenvalue weighted by Gasteiger charge is 2.23. The van der Waals surface area contributed by atoms with Gasteiger partial charge in [0.2, 0.25) is 12.3 Å². The van der Waals surface area contributed by atoms with E-state index >= 15 is 0 Å². The number of carbonyl (C=O) groups is 3. The zero-order valence-corrected chi connectivity index (χ0v) is 10.0. The molecule has 3 N–H and O–H groups in total. The van der Waals surface area contributed by atoms with E-state index in [-0.39, 0.29) is 13.0 Å². The number of nitrogens with zero attached hydrogens (tertiary/aromatic N) is 1. The molecule has 102 valence electrons. The average molecular weight is 266 g/mol. The highest BCUT2D eigenvalue weighted by atomic mass is 16.5. The Morgan fingerprint density at radius 2 is 1.95 bits per heavy atom. The predicted octanol–water partition coefficient (Wildman–Crippen LogP) is -0.181. The lowest BCUT2D eigenvalue weighted by Crippen LogP contribution is -2.38. The zero-order chi connectivity index (χ0) is 14.3. The molecule has 1 rings (SSSR count). The van der Waals surface area contributed by atoms with Crippen molar-refractivity contribution in [3.8, 4) is 0 Å². The number of hydrogen-bond acceptors (Lipinski definition) is 4. The minimum Gasteiger partial charge on any atom is -0.480 e. The number of amides is 2. The van der Waals surface area contributed by atoms with Gasteiger partial charge in [-0.1, -0.05) is 30.3 Å². The molecule has 0 spiro atoms. The van der Waals surface area contributed by atoms with Gasteiger partial charge >= 0.3 is 5.97 Å². The van der Waals surface area contributed by atoms with Gasteiger partial charge in [0.15, 0.2) is 0 Å². The SMILES string of the molecule is O=CN(O)CC(C(=O)NCC(=O)O)c1ccccc1. The second-order valence-corrected chi connectivity index (χ2v) is 3.80. The standard InChI is InChI=1S/C12H14N2O5/c15-8-14(19)7-10(9-4-2-1-3-5-9)12(18)13-6-11(16)17/h1-5,8,10,19H,6-7H2,(H,13,18)(H,16,17). The van der Waals surface area contributed by atoms with E-state index < -0.39 is 24.3 Å². The van der Waals surface area contributed by atoms with Crippen LogP contribution in [-0.4, -0.2) is 46.8 Å². The van der Waals surface area contributed by atoms with E-state index in [1.165, 1.54) is 0 Å². The smallest absolute Gasteiger partial charge is 0.322 e. The molecule has 1 aromatic carbocycles. The lowest BCUT2D eigenvalue weighted by atomic mass is 9.98. The van der Waals surface area contributed by atoms with E-state index in [0.29, 0.717) is 10.6 Å². The third-order valence-electron chi connectivity index (χ3n) is 2.42. The second-order valence-electron chi connectivity index (χ2n) is 3.80. The Hall–Kier alpha value is -2.41. The van der Waals surface area contributed by atoms with Crippen molar-refractivity contribution < 1.29 is 24.7 Å². The van der Waals surface area contributed by atoms with Crippen molar-refractivity contribution in [3.05, 3.63) is 35.9 Å². The van der Waals surface area contributed by atoms with Crippen LogP contribution in [-0.2, 0) is 14.4 Å². The van der Waals surface area contributed by atoms with Gasteiger partial charge in [0.25, 0.3) is 0 Å². The Bertz CT molecular complexity index is 449. The van der Waals surface area contributed by atoms with E-state index in [0.717, 1.165) is 0 Å². The van der Waals surface area contributed by atoms with Crippen LogP contribution in [0.4, 0.5) is 0 Å². The van der Waals surface area contributed by atoms with Crippen LogP contribution in [0.15, 0.2) is 30.3 Å². The summed E-state index contributed by atoms with van der Waals surface area (Å²) in [5.74, 6) is -2.58. The molecule has 19 heavy (non-hydrogen) atoms. The molecule has 0 saturated carbocycles. The summed E-state index contributed by atoms with van der Waals surface area (Å²) in [4.78, 5) is 32.7. The number of carboxylic acids is 1. The first-order chi connectivity index (χ1) is 9.04. The molecule has 2 amide bonds. The van der Waals surface area contributed by atoms with Crippen LogP contribution >= 0.6 is 0 Å². The third kappa shape index (κ3) is 4.76. The summed E-state index contributed by atoms with van der Waals surface area (Å²) in [5, 5.41) is 20.3. The summed E-state index contributed by atoms with van der Waals surface area (Å²) in [6.07, 6.45) is 0.181. The molecule has 0 aliphatic rings. The van der Waals surface area contributed by atoms with Crippen molar-refractivity contribution in [3.63, 3.8) is 0 Å². The van der Waals surface area contributed by atoms with Gasteiger partial charge in [0.1, 0.15) is 6.54 Å². The number of aliphatic carboxylic acids is 1. The van der Waals surface area contributed by atoms with Crippen molar-refractivity contribution in [2.24, 2.45) is 0 Å². The fourth-order valence-electron chi connectivity index (χ4n) is 1.54. The number of hydroxylamine groups is 2. The number of hydrogen-bond donors (Lipinski definition) is 3. The van der Waals surface area contributed by atoms with Gasteiger partial charge in [-0.3, -0.25) is 19.6 Å². The number of carboxylic acid groups (broad SMARTS) is 1. The van der Waals surface area contributed by atoms with E-state index in [4.69, 9.17) is 5.11 Å². The molecule has 0 fully saturated rings. The highest BCUT2D eigenvalue weighted by Crippen LogP contribution is 2.16. The monoisotopic (exact) mass is 266 g/mol. The molecular weight excluding hydrogens is 252 g/mol. The normalized spacial score (nSPS) is 11.4. The maximum Gasteiger partial charge on any atom is 0.322 e. The first-order valence-electron chi connectivity index (χ1n) is 5.50. The Morgan fingerprint density at radius 1 is 1.32 bits per heavy atom. The third-order valence-corrected chi connectivity index (χ3v) is 2.42. The van der Waals surface area contributed by atoms with Gasteiger partial charge in [-0.15, -0.1) is 0 Å². The Balaban J connectivity index is 2.83. The highest BCUT2D eigenvalue weighted by molar-refractivity contribution is 5.87. The molecule has 1 atom stereocenters. The molecule has 7 nitrogen and oxygen atoms in total. The van der Waals surface area contributed by atoms with Gasteiger partial charge < -0.3 is 10.4 Å². The van der Waals surface area contributed by atoms with Crippen LogP contribution in [0.1, 0.15) is 11.5 Å². The Morgan fingerprint density at radius 3 is 2.47 bits per heavy atom. The van der Waals surface area contributed by atoms with Crippen LogP contribution in [0.2, 0.25) is 0 Å². The topological polar surface area (TPSA) is 107 Å². The molecule has 0 aliphatic carbocycles. The van der Waals surface area contributed by atoms with Gasteiger partial charge in [0, 0.05) is 0 Å². The van der Waals surface area contributed by atoms with Gasteiger partial charge in [-0.05, 0) is 5.56 Å². The maximum atomic E-state index is 11.9. The van der Waals surface area contributed by atoms with Gasteiger partial charge in [0.05, 0.1) is 12.5 Å². The van der Waals surface area contributed by atoms with Crippen LogP contribution in [0.3, 0.4) is 0 Å². The summed E-state index contributed by atoms with van der Waals surface area (Å²) in [6, 6.07) is 8.48. The lowest BCUT2D eigenvalue weighted by molar-refractivity contribution is -0.152. The quantitative estimate of drug-likeness (QED) is 0.360.